The normalized spacial score (nSPS) is 12.4. The lowest BCUT2D eigenvalue weighted by molar-refractivity contribution is 0.348. The van der Waals surface area contributed by atoms with Crippen LogP contribution in [0.15, 0.2) is 28.8 Å². The molecule has 0 unspecified atom stereocenters. The van der Waals surface area contributed by atoms with Gasteiger partial charge in [-0.1, -0.05) is 24.2 Å². The molecule has 0 radical (unpaired) electrons. The lowest BCUT2D eigenvalue weighted by Gasteiger charge is -2.01. The second-order valence-corrected chi connectivity index (χ2v) is 4.09. The van der Waals surface area contributed by atoms with Gasteiger partial charge in [-0.25, -0.2) is 0 Å². The Labute approximate surface area is 106 Å². The van der Waals surface area contributed by atoms with E-state index in [1.54, 1.807) is 7.11 Å². The maximum atomic E-state index is 5.83. The third-order valence-electron chi connectivity index (χ3n) is 2.74. The van der Waals surface area contributed by atoms with Gasteiger partial charge in [0, 0.05) is 6.42 Å². The summed E-state index contributed by atoms with van der Waals surface area (Å²) >= 11 is 0. The second kappa shape index (κ2) is 5.64. The van der Waals surface area contributed by atoms with Crippen LogP contribution in [0.4, 0.5) is 0 Å². The second-order valence-electron chi connectivity index (χ2n) is 4.09. The van der Waals surface area contributed by atoms with E-state index in [0.29, 0.717) is 18.1 Å². The summed E-state index contributed by atoms with van der Waals surface area (Å²) in [6, 6.07) is 7.61. The summed E-state index contributed by atoms with van der Waals surface area (Å²) in [6.45, 7) is 1.98. The van der Waals surface area contributed by atoms with Gasteiger partial charge in [-0.15, -0.1) is 0 Å². The molecule has 0 saturated heterocycles. The Morgan fingerprint density at radius 1 is 1.44 bits per heavy atom. The zero-order chi connectivity index (χ0) is 13.0. The lowest BCUT2D eigenvalue weighted by Crippen LogP contribution is -2.08. The molecule has 2 N–H and O–H groups in total. The number of hydrogen-bond donors (Lipinski definition) is 1. The zero-order valence-electron chi connectivity index (χ0n) is 10.6. The minimum atomic E-state index is -0.184. The molecule has 1 aromatic heterocycles. The van der Waals surface area contributed by atoms with E-state index in [9.17, 15) is 0 Å². The van der Waals surface area contributed by atoms with Crippen LogP contribution in [0.2, 0.25) is 0 Å². The number of nitrogens with zero attached hydrogens (tertiary/aromatic N) is 2. The highest BCUT2D eigenvalue weighted by Crippen LogP contribution is 2.16. The Balaban J connectivity index is 2.11. The monoisotopic (exact) mass is 247 g/mol. The van der Waals surface area contributed by atoms with E-state index >= 15 is 0 Å². The molecule has 2 rings (SSSR count). The van der Waals surface area contributed by atoms with Crippen molar-refractivity contribution in [3.8, 4) is 5.75 Å². The number of rotatable bonds is 5. The number of methoxy groups -OCH3 is 1. The van der Waals surface area contributed by atoms with Gasteiger partial charge in [0.2, 0.25) is 5.89 Å². The molecule has 0 bridgehead atoms. The molecule has 2 aromatic rings. The van der Waals surface area contributed by atoms with Crippen LogP contribution >= 0.6 is 0 Å². The molecule has 0 aliphatic heterocycles. The first kappa shape index (κ1) is 12.6. The minimum Gasteiger partial charge on any atom is -0.497 e. The molecule has 1 heterocycles. The van der Waals surface area contributed by atoms with Crippen LogP contribution in [0.1, 0.15) is 36.7 Å². The number of benzene rings is 1. The van der Waals surface area contributed by atoms with Crippen molar-refractivity contribution in [1.29, 1.82) is 0 Å². The van der Waals surface area contributed by atoms with E-state index in [1.807, 2.05) is 31.2 Å². The summed E-state index contributed by atoms with van der Waals surface area (Å²) in [6.07, 6.45) is 1.39. The molecule has 96 valence electrons. The lowest BCUT2D eigenvalue weighted by atomic mass is 10.1. The van der Waals surface area contributed by atoms with Gasteiger partial charge in [-0.2, -0.15) is 4.98 Å². The average Bonchev–Trinajstić information content (AvgIpc) is 2.86. The fraction of sp³-hybridized carbons (Fsp3) is 0.385. The van der Waals surface area contributed by atoms with Crippen molar-refractivity contribution in [2.75, 3.05) is 7.11 Å². The molecule has 5 nitrogen and oxygen atoms in total. The third kappa shape index (κ3) is 2.87. The van der Waals surface area contributed by atoms with E-state index in [4.69, 9.17) is 15.0 Å². The van der Waals surface area contributed by atoms with Crippen molar-refractivity contribution in [3.63, 3.8) is 0 Å². The van der Waals surface area contributed by atoms with Crippen LogP contribution in [0.5, 0.6) is 5.75 Å². The largest absolute Gasteiger partial charge is 0.497 e. The first-order valence-electron chi connectivity index (χ1n) is 5.94. The standard InChI is InChI=1S/C13H17N3O2/c1-3-11(14)13-15-12(16-18-13)8-9-5-4-6-10(7-9)17-2/h4-7,11H,3,8,14H2,1-2H3/t11-/m0/s1. The molecule has 0 aliphatic rings. The van der Waals surface area contributed by atoms with Crippen molar-refractivity contribution in [1.82, 2.24) is 10.1 Å². The van der Waals surface area contributed by atoms with E-state index < -0.39 is 0 Å². The van der Waals surface area contributed by atoms with Crippen LogP contribution in [0.25, 0.3) is 0 Å². The molecular weight excluding hydrogens is 230 g/mol. The first-order chi connectivity index (χ1) is 8.72. The van der Waals surface area contributed by atoms with Crippen LogP contribution in [-0.4, -0.2) is 17.3 Å². The Kier molecular flexibility index (Phi) is 3.94. The van der Waals surface area contributed by atoms with E-state index in [-0.39, 0.29) is 6.04 Å². The van der Waals surface area contributed by atoms with Gasteiger partial charge >= 0.3 is 0 Å². The zero-order valence-corrected chi connectivity index (χ0v) is 10.6. The summed E-state index contributed by atoms with van der Waals surface area (Å²) in [5, 5.41) is 3.93. The molecule has 1 atom stereocenters. The quantitative estimate of drug-likeness (QED) is 0.875. The smallest absolute Gasteiger partial charge is 0.243 e. The minimum absolute atomic E-state index is 0.184. The number of nitrogens with two attached hydrogens (primary N) is 1. The highest BCUT2D eigenvalue weighted by molar-refractivity contribution is 5.30. The van der Waals surface area contributed by atoms with E-state index in [0.717, 1.165) is 17.7 Å². The van der Waals surface area contributed by atoms with Gasteiger partial charge in [0.25, 0.3) is 0 Å². The van der Waals surface area contributed by atoms with Gasteiger partial charge < -0.3 is 15.0 Å². The molecule has 5 heteroatoms. The van der Waals surface area contributed by atoms with Crippen molar-refractivity contribution in [2.24, 2.45) is 5.73 Å². The molecular formula is C13H17N3O2. The molecule has 0 amide bonds. The fourth-order valence-electron chi connectivity index (χ4n) is 1.63. The number of aromatic nitrogens is 2. The van der Waals surface area contributed by atoms with Gasteiger partial charge in [-0.05, 0) is 24.1 Å². The highest BCUT2D eigenvalue weighted by Gasteiger charge is 2.13. The number of hydrogen-bond acceptors (Lipinski definition) is 5. The molecule has 0 fully saturated rings. The molecule has 0 saturated carbocycles. The van der Waals surface area contributed by atoms with Crippen molar-refractivity contribution >= 4 is 0 Å². The third-order valence-corrected chi connectivity index (χ3v) is 2.74. The van der Waals surface area contributed by atoms with Gasteiger partial charge in [0.15, 0.2) is 5.82 Å². The Morgan fingerprint density at radius 2 is 2.28 bits per heavy atom. The predicted octanol–water partition coefficient (Wildman–Crippen LogP) is 2.08. The van der Waals surface area contributed by atoms with Crippen LogP contribution < -0.4 is 10.5 Å². The van der Waals surface area contributed by atoms with Crippen molar-refractivity contribution in [2.45, 2.75) is 25.8 Å². The number of ether oxygens (including phenoxy) is 1. The van der Waals surface area contributed by atoms with Crippen molar-refractivity contribution in [3.05, 3.63) is 41.5 Å². The molecule has 1 aromatic carbocycles. The van der Waals surface area contributed by atoms with Gasteiger partial charge in [0.1, 0.15) is 5.75 Å². The Bertz CT molecular complexity index is 510. The Hall–Kier alpha value is -1.88. The summed E-state index contributed by atoms with van der Waals surface area (Å²) in [5.41, 5.74) is 6.91. The Morgan fingerprint density at radius 3 is 3.00 bits per heavy atom. The maximum Gasteiger partial charge on any atom is 0.243 e. The maximum absolute atomic E-state index is 5.83. The summed E-state index contributed by atoms with van der Waals surface area (Å²) in [4.78, 5) is 4.29. The van der Waals surface area contributed by atoms with Crippen molar-refractivity contribution < 1.29 is 9.26 Å². The summed E-state index contributed by atoms with van der Waals surface area (Å²) < 4.78 is 10.3. The molecule has 0 spiro atoms. The van der Waals surface area contributed by atoms with Gasteiger partial charge in [-0.3, -0.25) is 0 Å². The van der Waals surface area contributed by atoms with Crippen LogP contribution in [-0.2, 0) is 6.42 Å². The summed E-state index contributed by atoms with van der Waals surface area (Å²) in [7, 11) is 1.64. The van der Waals surface area contributed by atoms with Crippen LogP contribution in [0.3, 0.4) is 0 Å². The topological polar surface area (TPSA) is 74.2 Å². The van der Waals surface area contributed by atoms with E-state index in [2.05, 4.69) is 10.1 Å². The van der Waals surface area contributed by atoms with Crippen LogP contribution in [0, 0.1) is 0 Å². The fourth-order valence-corrected chi connectivity index (χ4v) is 1.63. The first-order valence-corrected chi connectivity index (χ1v) is 5.94. The predicted molar refractivity (Wildman–Crippen MR) is 67.3 cm³/mol. The molecule has 18 heavy (non-hydrogen) atoms. The van der Waals surface area contributed by atoms with E-state index in [1.165, 1.54) is 0 Å². The average molecular weight is 247 g/mol. The summed E-state index contributed by atoms with van der Waals surface area (Å²) in [5.74, 6) is 1.96. The highest BCUT2D eigenvalue weighted by atomic mass is 16.5. The molecule has 0 aliphatic carbocycles. The van der Waals surface area contributed by atoms with Gasteiger partial charge in [0.05, 0.1) is 13.2 Å². The SMILES string of the molecule is CC[C@H](N)c1nc(Cc2cccc(OC)c2)no1.